The van der Waals surface area contributed by atoms with Gasteiger partial charge in [-0.1, -0.05) is 65.0 Å². The van der Waals surface area contributed by atoms with Crippen molar-refractivity contribution in [2.24, 2.45) is 11.8 Å². The lowest BCUT2D eigenvalue weighted by atomic mass is 9.97. The Morgan fingerprint density at radius 3 is 2.06 bits per heavy atom. The molecular formula is C35H48N4O8. The van der Waals surface area contributed by atoms with E-state index in [1.54, 1.807) is 13.8 Å². The molecule has 12 nitrogen and oxygen atoms in total. The van der Waals surface area contributed by atoms with E-state index < -0.39 is 42.0 Å². The number of hydrogen-bond donors (Lipinski definition) is 4. The van der Waals surface area contributed by atoms with Crippen LogP contribution in [0.1, 0.15) is 86.6 Å². The van der Waals surface area contributed by atoms with E-state index in [0.717, 1.165) is 11.8 Å². The van der Waals surface area contributed by atoms with Crippen LogP contribution in [0.15, 0.2) is 54.6 Å². The largest absolute Gasteiger partial charge is 0.478 e. The molecule has 12 heteroatoms. The van der Waals surface area contributed by atoms with Crippen molar-refractivity contribution in [3.05, 3.63) is 71.3 Å². The van der Waals surface area contributed by atoms with Gasteiger partial charge in [-0.3, -0.25) is 14.4 Å². The van der Waals surface area contributed by atoms with Crippen molar-refractivity contribution in [2.45, 2.75) is 85.0 Å². The summed E-state index contributed by atoms with van der Waals surface area (Å²) in [5.74, 6) is -3.14. The Balaban J connectivity index is 2.14. The van der Waals surface area contributed by atoms with E-state index in [1.165, 1.54) is 29.2 Å². The molecule has 4 N–H and O–H groups in total. The monoisotopic (exact) mass is 652 g/mol. The first kappa shape index (κ1) is 38.4. The maximum atomic E-state index is 13.7. The van der Waals surface area contributed by atoms with Crippen LogP contribution < -0.4 is 16.0 Å². The highest BCUT2D eigenvalue weighted by molar-refractivity contribution is 5.99. The zero-order valence-electron chi connectivity index (χ0n) is 27.9. The Hall–Kier alpha value is -4.74. The average Bonchev–Trinajstić information content (AvgIpc) is 3.05. The first-order valence-electron chi connectivity index (χ1n) is 16.0. The van der Waals surface area contributed by atoms with Crippen LogP contribution in [0.2, 0.25) is 0 Å². The number of nitrogens with one attached hydrogen (secondary N) is 3. The summed E-state index contributed by atoms with van der Waals surface area (Å²) in [6, 6.07) is 11.9. The first-order valence-corrected chi connectivity index (χ1v) is 16.0. The van der Waals surface area contributed by atoms with Gasteiger partial charge in [0, 0.05) is 18.7 Å². The molecule has 0 heterocycles. The molecule has 4 amide bonds. The number of carboxylic acids is 1. The molecule has 0 radical (unpaired) electrons. The molecule has 0 saturated carbocycles. The van der Waals surface area contributed by atoms with Crippen molar-refractivity contribution in [1.29, 1.82) is 0 Å². The lowest BCUT2D eigenvalue weighted by Gasteiger charge is -2.35. The summed E-state index contributed by atoms with van der Waals surface area (Å²) in [5, 5.41) is 17.4. The van der Waals surface area contributed by atoms with Gasteiger partial charge in [0.2, 0.25) is 11.8 Å². The summed E-state index contributed by atoms with van der Waals surface area (Å²) in [6.45, 7) is 9.93. The highest BCUT2D eigenvalue weighted by atomic mass is 16.5. The zero-order valence-corrected chi connectivity index (χ0v) is 27.9. The number of carboxylic acid groups (broad SMARTS) is 1. The van der Waals surface area contributed by atoms with Crippen LogP contribution in [0.3, 0.4) is 0 Å². The third kappa shape index (κ3) is 12.5. The Labute approximate surface area is 276 Å². The van der Waals surface area contributed by atoms with E-state index in [9.17, 15) is 33.9 Å². The van der Waals surface area contributed by atoms with Crippen molar-refractivity contribution >= 4 is 36.1 Å². The highest BCUT2D eigenvalue weighted by Gasteiger charge is 2.35. The van der Waals surface area contributed by atoms with Crippen LogP contribution in [0.25, 0.3) is 0 Å². The van der Waals surface area contributed by atoms with E-state index in [0.29, 0.717) is 25.8 Å². The van der Waals surface area contributed by atoms with E-state index in [-0.39, 0.29) is 48.4 Å². The van der Waals surface area contributed by atoms with Crippen LogP contribution in [0, 0.1) is 11.8 Å². The molecule has 0 spiro atoms. The van der Waals surface area contributed by atoms with Gasteiger partial charge in [0.1, 0.15) is 25.0 Å². The maximum Gasteiger partial charge on any atom is 0.407 e. The molecule has 256 valence electrons. The summed E-state index contributed by atoms with van der Waals surface area (Å²) in [5.41, 5.74) is 1.02. The maximum absolute atomic E-state index is 13.7. The van der Waals surface area contributed by atoms with Crippen LogP contribution in [0.5, 0.6) is 0 Å². The third-order valence-electron chi connectivity index (χ3n) is 7.58. The summed E-state index contributed by atoms with van der Waals surface area (Å²) in [4.78, 5) is 77.3. The number of hydrogen-bond acceptors (Lipinski definition) is 7. The number of aldehydes is 1. The lowest BCUT2D eigenvalue weighted by molar-refractivity contribution is -0.142. The van der Waals surface area contributed by atoms with E-state index >= 15 is 0 Å². The van der Waals surface area contributed by atoms with Crippen molar-refractivity contribution in [3.63, 3.8) is 0 Å². The fourth-order valence-electron chi connectivity index (χ4n) is 4.90. The van der Waals surface area contributed by atoms with Gasteiger partial charge >= 0.3 is 12.1 Å². The van der Waals surface area contributed by atoms with E-state index in [2.05, 4.69) is 16.0 Å². The predicted molar refractivity (Wildman–Crippen MR) is 177 cm³/mol. The molecule has 2 aromatic rings. The van der Waals surface area contributed by atoms with Gasteiger partial charge < -0.3 is 35.5 Å². The number of benzene rings is 2. The number of alkyl carbamates (subject to hydrolysis) is 1. The number of carbonyl (C=O) groups is 6. The topological polar surface area (TPSA) is 171 Å². The number of amides is 4. The Kier molecular flexibility index (Phi) is 16.1. The van der Waals surface area contributed by atoms with Gasteiger partial charge in [-0.15, -0.1) is 0 Å². The molecule has 3 atom stereocenters. The average molecular weight is 653 g/mol. The van der Waals surface area contributed by atoms with Crippen LogP contribution in [0.4, 0.5) is 4.79 Å². The number of rotatable bonds is 19. The fraction of sp³-hybridized carbons (Fsp3) is 0.486. The second-order valence-electron chi connectivity index (χ2n) is 12.0. The van der Waals surface area contributed by atoms with Gasteiger partial charge in [-0.2, -0.15) is 0 Å². The Morgan fingerprint density at radius 2 is 1.51 bits per heavy atom. The van der Waals surface area contributed by atoms with Crippen molar-refractivity contribution in [2.75, 3.05) is 13.1 Å². The van der Waals surface area contributed by atoms with Gasteiger partial charge in [0.05, 0.1) is 11.6 Å². The molecule has 2 rings (SSSR count). The van der Waals surface area contributed by atoms with Crippen LogP contribution in [-0.4, -0.2) is 77.3 Å². The molecule has 47 heavy (non-hydrogen) atoms. The summed E-state index contributed by atoms with van der Waals surface area (Å²) in [7, 11) is 0. The quantitative estimate of drug-likeness (QED) is 0.129. The van der Waals surface area contributed by atoms with Gasteiger partial charge in [0.25, 0.3) is 5.91 Å². The molecule has 0 aliphatic carbocycles. The van der Waals surface area contributed by atoms with Gasteiger partial charge in [-0.25, -0.2) is 9.59 Å². The highest BCUT2D eigenvalue weighted by Crippen LogP contribution is 2.16. The number of unbranched alkanes of at least 4 members (excludes halogenated alkanes) is 1. The molecule has 0 saturated heterocycles. The molecular weight excluding hydrogens is 604 g/mol. The summed E-state index contributed by atoms with van der Waals surface area (Å²) >= 11 is 0. The number of aromatic carboxylic acids is 1. The third-order valence-corrected chi connectivity index (χ3v) is 7.58. The minimum atomic E-state index is -1.14. The molecule has 2 aromatic carbocycles. The Bertz CT molecular complexity index is 1330. The van der Waals surface area contributed by atoms with E-state index in [1.807, 2.05) is 51.1 Å². The first-order chi connectivity index (χ1) is 22.4. The second-order valence-corrected chi connectivity index (χ2v) is 12.0. The summed E-state index contributed by atoms with van der Waals surface area (Å²) in [6.07, 6.45) is 1.88. The normalized spacial score (nSPS) is 12.8. The predicted octanol–water partition coefficient (Wildman–Crippen LogP) is 4.18. The van der Waals surface area contributed by atoms with Crippen LogP contribution >= 0.6 is 0 Å². The van der Waals surface area contributed by atoms with Crippen molar-refractivity contribution in [1.82, 2.24) is 20.9 Å². The molecule has 0 aliphatic heterocycles. The smallest absolute Gasteiger partial charge is 0.407 e. The standard InChI is InChI=1S/C35H48N4O8/c1-6-20-39(29(21-40)23(2)3)33(43)30(24(4)5)38-32(42)28(37-31(41)26-15-17-27(18-16-26)34(44)45)14-10-11-19-36-35(46)47-22-25-12-8-7-9-13-25/h7-9,12-13,15-18,21,23-24,28-30H,6,10-11,14,19-20,22H2,1-5H3,(H,36,46)(H,37,41)(H,38,42)(H,44,45)/t28-,29+,30-/m0/s1. The van der Waals surface area contributed by atoms with E-state index in [4.69, 9.17) is 4.74 Å². The Morgan fingerprint density at radius 1 is 0.872 bits per heavy atom. The molecule has 0 aromatic heterocycles. The van der Waals surface area contributed by atoms with Gasteiger partial charge in [0.15, 0.2) is 0 Å². The zero-order chi connectivity index (χ0) is 34.9. The SMILES string of the molecule is CCCN(C(=O)[C@@H](NC(=O)[C@H](CCCCNC(=O)OCc1ccccc1)NC(=O)c1ccc(C(=O)O)cc1)C(C)C)[C@H](C=O)C(C)C. The number of carbonyl (C=O) groups excluding carboxylic acids is 5. The molecule has 0 unspecified atom stereocenters. The summed E-state index contributed by atoms with van der Waals surface area (Å²) < 4.78 is 5.22. The minimum Gasteiger partial charge on any atom is -0.478 e. The second kappa shape index (κ2) is 19.7. The molecule has 0 aliphatic rings. The van der Waals surface area contributed by atoms with Crippen LogP contribution in [-0.2, 0) is 25.7 Å². The number of nitrogens with zero attached hydrogens (tertiary/aromatic N) is 1. The van der Waals surface area contributed by atoms with Crippen molar-refractivity contribution in [3.8, 4) is 0 Å². The molecule has 0 bridgehead atoms. The van der Waals surface area contributed by atoms with Gasteiger partial charge in [-0.05, 0) is 67.3 Å². The number of ether oxygens (including phenoxy) is 1. The molecule has 0 fully saturated rings. The fourth-order valence-corrected chi connectivity index (χ4v) is 4.90. The van der Waals surface area contributed by atoms with Crippen molar-refractivity contribution < 1.29 is 38.6 Å². The minimum absolute atomic E-state index is 0.00980. The lowest BCUT2D eigenvalue weighted by Crippen LogP contribution is -2.58.